The number of piperidine rings is 1. The second-order valence-electron chi connectivity index (χ2n) is 6.54. The number of aromatic amines is 1. The van der Waals surface area contributed by atoms with Crippen molar-refractivity contribution in [1.29, 1.82) is 0 Å². The number of sulfonamides is 1. The van der Waals surface area contributed by atoms with Crippen LogP contribution in [0.15, 0.2) is 52.7 Å². The monoisotopic (exact) mass is 403 g/mol. The third-order valence-electron chi connectivity index (χ3n) is 4.96. The number of methoxy groups -OCH3 is 1. The summed E-state index contributed by atoms with van der Waals surface area (Å²) in [5, 5.41) is 9.58. The molecule has 27 heavy (non-hydrogen) atoms. The van der Waals surface area contributed by atoms with Crippen LogP contribution < -0.4 is 4.74 Å². The molecule has 0 spiro atoms. The van der Waals surface area contributed by atoms with Crippen molar-refractivity contribution < 1.29 is 13.2 Å². The Hall–Kier alpha value is -2.16. The van der Waals surface area contributed by atoms with Gasteiger partial charge in [-0.3, -0.25) is 5.10 Å². The van der Waals surface area contributed by atoms with E-state index >= 15 is 0 Å². The first-order valence-electron chi connectivity index (χ1n) is 8.81. The summed E-state index contributed by atoms with van der Waals surface area (Å²) in [7, 11) is -1.91. The Morgan fingerprint density at radius 1 is 1.19 bits per heavy atom. The largest absolute Gasteiger partial charge is 0.497 e. The van der Waals surface area contributed by atoms with Crippen LogP contribution in [-0.4, -0.2) is 43.1 Å². The fourth-order valence-electron chi connectivity index (χ4n) is 3.40. The van der Waals surface area contributed by atoms with Gasteiger partial charge in [0.2, 0.25) is 10.0 Å². The lowest BCUT2D eigenvalue weighted by molar-refractivity contribution is 0.316. The number of hydrogen-bond donors (Lipinski definition) is 1. The van der Waals surface area contributed by atoms with Crippen LogP contribution in [0.3, 0.4) is 0 Å². The summed E-state index contributed by atoms with van der Waals surface area (Å²) in [6.07, 6.45) is 1.56. The molecule has 4 rings (SSSR count). The van der Waals surface area contributed by atoms with E-state index < -0.39 is 10.0 Å². The number of nitrogens with one attached hydrogen (secondary N) is 1. The van der Waals surface area contributed by atoms with Gasteiger partial charge in [-0.15, -0.1) is 11.3 Å². The number of benzene rings is 1. The zero-order valence-electron chi connectivity index (χ0n) is 15.0. The predicted molar refractivity (Wildman–Crippen MR) is 106 cm³/mol. The second-order valence-corrected chi connectivity index (χ2v) is 9.43. The number of hydrogen-bond acceptors (Lipinski definition) is 5. The number of ether oxygens (including phenoxy) is 1. The maximum absolute atomic E-state index is 12.9. The van der Waals surface area contributed by atoms with Gasteiger partial charge in [-0.2, -0.15) is 9.40 Å². The molecule has 0 bridgehead atoms. The predicted octanol–water partition coefficient (Wildman–Crippen LogP) is 3.72. The van der Waals surface area contributed by atoms with E-state index in [1.807, 2.05) is 11.4 Å². The van der Waals surface area contributed by atoms with Gasteiger partial charge in [0.25, 0.3) is 0 Å². The molecule has 0 unspecified atom stereocenters. The number of nitrogens with zero attached hydrogens (tertiary/aromatic N) is 2. The van der Waals surface area contributed by atoms with E-state index in [2.05, 4.69) is 22.3 Å². The van der Waals surface area contributed by atoms with E-state index in [1.165, 1.54) is 0 Å². The Balaban J connectivity index is 1.43. The number of thiophene rings is 1. The molecule has 1 aliphatic rings. The van der Waals surface area contributed by atoms with Crippen LogP contribution in [0.1, 0.15) is 24.5 Å². The second kappa shape index (κ2) is 7.46. The molecule has 0 atom stereocenters. The van der Waals surface area contributed by atoms with Crippen molar-refractivity contribution in [1.82, 2.24) is 14.5 Å². The molecular formula is C19H21N3O3S2. The van der Waals surface area contributed by atoms with Gasteiger partial charge in [0.1, 0.15) is 11.4 Å². The van der Waals surface area contributed by atoms with Crippen LogP contribution in [0.5, 0.6) is 5.75 Å². The minimum atomic E-state index is -3.47. The molecule has 0 aliphatic carbocycles. The van der Waals surface area contributed by atoms with E-state index in [9.17, 15) is 8.42 Å². The average Bonchev–Trinajstić information content (AvgIpc) is 3.40. The summed E-state index contributed by atoms with van der Waals surface area (Å²) in [4.78, 5) is 1.44. The highest BCUT2D eigenvalue weighted by atomic mass is 32.2. The maximum Gasteiger partial charge on any atom is 0.243 e. The summed E-state index contributed by atoms with van der Waals surface area (Å²) in [6, 6.07) is 12.7. The molecule has 0 saturated carbocycles. The van der Waals surface area contributed by atoms with Gasteiger partial charge < -0.3 is 4.74 Å². The van der Waals surface area contributed by atoms with Crippen LogP contribution in [0.25, 0.3) is 10.6 Å². The molecule has 1 aliphatic heterocycles. The summed E-state index contributed by atoms with van der Waals surface area (Å²) < 4.78 is 32.4. The molecule has 1 saturated heterocycles. The van der Waals surface area contributed by atoms with Gasteiger partial charge in [-0.1, -0.05) is 6.07 Å². The molecule has 1 aromatic carbocycles. The fraction of sp³-hybridized carbons (Fsp3) is 0.316. The smallest absolute Gasteiger partial charge is 0.243 e. The van der Waals surface area contributed by atoms with Gasteiger partial charge in [0.05, 0.1) is 16.9 Å². The van der Waals surface area contributed by atoms with Crippen molar-refractivity contribution in [2.24, 2.45) is 0 Å². The molecule has 3 aromatic rings. The molecule has 3 heterocycles. The van der Waals surface area contributed by atoms with Gasteiger partial charge in [-0.05, 0) is 54.6 Å². The fourth-order valence-corrected chi connectivity index (χ4v) is 5.56. The van der Waals surface area contributed by atoms with Crippen LogP contribution in [0.2, 0.25) is 0 Å². The van der Waals surface area contributed by atoms with E-state index in [4.69, 9.17) is 4.74 Å². The number of H-pyrrole nitrogens is 1. The highest BCUT2D eigenvalue weighted by Gasteiger charge is 2.30. The molecule has 2 aromatic heterocycles. The zero-order valence-corrected chi connectivity index (χ0v) is 16.6. The molecule has 142 valence electrons. The Morgan fingerprint density at radius 2 is 1.93 bits per heavy atom. The van der Waals surface area contributed by atoms with E-state index in [-0.39, 0.29) is 0 Å². The molecule has 0 radical (unpaired) electrons. The van der Waals surface area contributed by atoms with Gasteiger partial charge in [0, 0.05) is 24.7 Å². The Kier molecular flexibility index (Phi) is 5.03. The topological polar surface area (TPSA) is 75.3 Å². The number of aromatic nitrogens is 2. The van der Waals surface area contributed by atoms with Crippen molar-refractivity contribution in [2.75, 3.05) is 20.2 Å². The van der Waals surface area contributed by atoms with Crippen LogP contribution in [0.4, 0.5) is 0 Å². The summed E-state index contributed by atoms with van der Waals surface area (Å²) in [5.41, 5.74) is 2.04. The normalized spacial score (nSPS) is 16.5. The highest BCUT2D eigenvalue weighted by molar-refractivity contribution is 7.89. The van der Waals surface area contributed by atoms with Crippen molar-refractivity contribution in [3.63, 3.8) is 0 Å². The number of rotatable bonds is 5. The Labute approximate surface area is 162 Å². The van der Waals surface area contributed by atoms with Crippen molar-refractivity contribution >= 4 is 21.4 Å². The average molecular weight is 404 g/mol. The highest BCUT2D eigenvalue weighted by Crippen LogP contribution is 2.32. The minimum absolute atomic E-state index is 0.300. The SMILES string of the molecule is COc1ccc(S(=O)(=O)N2CCC(c3cc(-c4cccs4)n[nH]3)CC2)cc1. The van der Waals surface area contributed by atoms with E-state index in [1.54, 1.807) is 47.0 Å². The van der Waals surface area contributed by atoms with Crippen LogP contribution >= 0.6 is 11.3 Å². The minimum Gasteiger partial charge on any atom is -0.497 e. The zero-order chi connectivity index (χ0) is 18.9. The van der Waals surface area contributed by atoms with E-state index in [0.29, 0.717) is 29.7 Å². The van der Waals surface area contributed by atoms with Crippen molar-refractivity contribution in [3.05, 3.63) is 53.5 Å². The maximum atomic E-state index is 12.9. The first-order valence-corrected chi connectivity index (χ1v) is 11.1. The van der Waals surface area contributed by atoms with Crippen LogP contribution in [-0.2, 0) is 10.0 Å². The third kappa shape index (κ3) is 3.65. The quantitative estimate of drug-likeness (QED) is 0.705. The van der Waals surface area contributed by atoms with Crippen molar-refractivity contribution in [3.8, 4) is 16.3 Å². The summed E-state index contributed by atoms with van der Waals surface area (Å²) in [5.74, 6) is 0.946. The molecule has 1 fully saturated rings. The Morgan fingerprint density at radius 3 is 2.56 bits per heavy atom. The summed E-state index contributed by atoms with van der Waals surface area (Å²) in [6.45, 7) is 1.01. The molecule has 6 nitrogen and oxygen atoms in total. The van der Waals surface area contributed by atoms with Gasteiger partial charge in [0.15, 0.2) is 0 Å². The lowest BCUT2D eigenvalue weighted by Crippen LogP contribution is -2.37. The molecule has 8 heteroatoms. The lowest BCUT2D eigenvalue weighted by atomic mass is 9.94. The van der Waals surface area contributed by atoms with E-state index in [0.717, 1.165) is 29.1 Å². The third-order valence-corrected chi connectivity index (χ3v) is 7.77. The Bertz CT molecular complexity index is 987. The molecular weight excluding hydrogens is 382 g/mol. The van der Waals surface area contributed by atoms with Gasteiger partial charge >= 0.3 is 0 Å². The lowest BCUT2D eigenvalue weighted by Gasteiger charge is -2.30. The van der Waals surface area contributed by atoms with Crippen LogP contribution in [0, 0.1) is 0 Å². The standard InChI is InChI=1S/C19H21N3O3S2/c1-25-15-4-6-16(7-5-15)27(23,24)22-10-8-14(9-11-22)17-13-18(21-20-17)19-3-2-12-26-19/h2-7,12-14H,8-11H2,1H3,(H,20,21). The van der Waals surface area contributed by atoms with Gasteiger partial charge in [-0.25, -0.2) is 8.42 Å². The van der Waals surface area contributed by atoms with Crippen molar-refractivity contribution in [2.45, 2.75) is 23.7 Å². The molecule has 0 amide bonds. The first-order chi connectivity index (χ1) is 13.1. The first kappa shape index (κ1) is 18.2. The summed E-state index contributed by atoms with van der Waals surface area (Å²) >= 11 is 1.66. The molecule has 1 N–H and O–H groups in total.